The van der Waals surface area contributed by atoms with Crippen LogP contribution in [0.4, 0.5) is 5.95 Å². The number of H-pyrrole nitrogens is 2. The van der Waals surface area contributed by atoms with Gasteiger partial charge in [0, 0.05) is 140 Å². The van der Waals surface area contributed by atoms with Crippen molar-refractivity contribution in [3.8, 4) is 0 Å². The summed E-state index contributed by atoms with van der Waals surface area (Å²) in [4.78, 5) is 243. The number of unbranched alkanes of at least 4 members (excludes halogenated alkanes) is 2. The summed E-state index contributed by atoms with van der Waals surface area (Å²) >= 11 is 1.44. The van der Waals surface area contributed by atoms with Gasteiger partial charge < -0.3 is 120 Å². The van der Waals surface area contributed by atoms with E-state index in [0.29, 0.717) is 27.9 Å². The molecule has 46 heteroatoms. The predicted octanol–water partition coefficient (Wildman–Crippen LogP) is -8.63. The van der Waals surface area contributed by atoms with Crippen molar-refractivity contribution in [2.24, 2.45) is 23.3 Å². The zero-order valence-corrected chi connectivity index (χ0v) is 72.9. The molecule has 13 amide bonds. The molecular weight excluding hydrogens is 1700 g/mol. The van der Waals surface area contributed by atoms with Crippen LogP contribution in [0.25, 0.3) is 10.9 Å². The van der Waals surface area contributed by atoms with Crippen LogP contribution in [0.2, 0.25) is 0 Å². The Morgan fingerprint density at radius 1 is 0.537 bits per heavy atom. The summed E-state index contributed by atoms with van der Waals surface area (Å²) in [5.74, 6) is -15.1. The first-order valence-corrected chi connectivity index (χ1v) is 40.8. The summed E-state index contributed by atoms with van der Waals surface area (Å²) < 4.78 is 1.04. The maximum Gasteiger partial charge on any atom is 3.00 e. The second kappa shape index (κ2) is 53.7. The van der Waals surface area contributed by atoms with E-state index in [0.717, 1.165) is 10.8 Å². The van der Waals surface area contributed by atoms with Gasteiger partial charge in [0.25, 0.3) is 5.91 Å². The zero-order chi connectivity index (χ0) is 88.5. The number of amides is 13. The number of para-hydroxylation sites is 1. The van der Waals surface area contributed by atoms with Crippen LogP contribution >= 0.6 is 11.8 Å². The fourth-order valence-corrected chi connectivity index (χ4v) is 13.3. The number of primary amides is 2. The van der Waals surface area contributed by atoms with Crippen molar-refractivity contribution in [2.45, 2.75) is 167 Å². The molecule has 1 fully saturated rings. The summed E-state index contributed by atoms with van der Waals surface area (Å²) in [6, 6.07) is -3.39. The number of rotatable bonds is 52. The second-order valence-electron chi connectivity index (χ2n) is 29.8. The van der Waals surface area contributed by atoms with E-state index in [1.807, 2.05) is 20.1 Å². The van der Waals surface area contributed by atoms with Gasteiger partial charge >= 0.3 is 31.8 Å². The van der Waals surface area contributed by atoms with Crippen molar-refractivity contribution in [2.75, 3.05) is 110 Å². The van der Waals surface area contributed by atoms with Crippen LogP contribution in [0.5, 0.6) is 0 Å². The van der Waals surface area contributed by atoms with Crippen LogP contribution in [-0.2, 0) is 96.1 Å². The Bertz CT molecular complexity index is 4100. The molecule has 0 saturated carbocycles. The molecule has 121 heavy (non-hydrogen) atoms. The molecule has 4 aromatic rings. The van der Waals surface area contributed by atoms with Crippen molar-refractivity contribution in [3.63, 3.8) is 0 Å². The second-order valence-corrected chi connectivity index (χ2v) is 30.8. The van der Waals surface area contributed by atoms with Gasteiger partial charge in [-0.2, -0.15) is 11.8 Å². The molecule has 4 heterocycles. The van der Waals surface area contributed by atoms with E-state index >= 15 is 0 Å². The number of carbonyl (C=O) groups excluding carboxylic acids is 16. The number of nitrogens with zero attached hydrogens (tertiary/aromatic N) is 8. The van der Waals surface area contributed by atoms with Crippen molar-refractivity contribution in [1.29, 1.82) is 0 Å². The molecule has 0 aliphatic carbocycles. The third-order valence-electron chi connectivity index (χ3n) is 19.3. The zero-order valence-electron chi connectivity index (χ0n) is 68.8. The largest absolute Gasteiger partial charge is 3.00 e. The number of thioether (sulfide) groups is 1. The molecule has 8 atom stereocenters. The number of carboxylic acid groups (broad SMARTS) is 3. The number of imidazole rings is 2. The number of nitro groups is 1. The van der Waals surface area contributed by atoms with Gasteiger partial charge in [0.15, 0.2) is 6.54 Å². The SMILES string of the molecule is CSCC[C@H](NC(=O)[C@H](CC(C)C)NC(=O)[C@H](Cc1cnc[nH]1)NC(=O)CNC(=O)[C@@H](NC(=O)[C@H](C)NC(=O)[C@H](Cc1c[nH]c2ccccc12)NC(=O)[C@H](CCC(N)=O)NC(=O)CCCCNC(=O)C(CCCCNC(=O)Cn1ccnc1[N+](=O)[O-])NC(=O)CN1CCN(CC(=O)[O-])CCN(CC(=O)[O-])CCN(CC(=O)[O-])CC1)C(C)C)C(N)=O.[111In+3]. The first-order valence-electron chi connectivity index (χ1n) is 39.4. The standard InChI is InChI=1S/C75H115N23O21S.In/c1-45(2)33-55(72(115)89-52(67(77)110)19-32-120-6)90-73(116)57(35-49-37-78-44-84-49)88-60(101)38-83-74(117)66(46(3)4)92-68(111)47(5)85-71(114)56(34-48-36-82-51-14-8-7-13-50(48)51)91-70(113)54(17-18-58(76)99)86-59(100)16-10-12-21-80-69(112)53(15-9-11-20-79-61(102)40-97-23-22-81-75(97)98(118)119)87-62(103)39-93-24-26-94(41-63(104)105)28-30-96(43-65(108)109)31-29-95(27-25-93)42-64(106)107;/h7-8,13-14,22-23,36-37,44-47,52-57,66,82H,9-12,15-21,24-35,38-43H2,1-6H3,(H2,76,99)(H2,77,110)(H,78,84)(H,79,102)(H,80,112)(H,83,117)(H,85,114)(H,86,100)(H,87,103)(H,88,101)(H,89,115)(H,90,116)(H,91,113)(H,92,111)(H,104,105)(H,106,107)(H,108,109);/q;+3/p-3/t47-,52-,53?,54-,55-,56-,57-,66-;/m0./s1/i;1-4. The number of hydrogen-bond donors (Lipinski definition) is 15. The van der Waals surface area contributed by atoms with E-state index in [-0.39, 0.29) is 174 Å². The molecule has 17 N–H and O–H groups in total. The maximum absolute atomic E-state index is 14.5. The van der Waals surface area contributed by atoms with E-state index in [1.54, 1.807) is 49.2 Å². The van der Waals surface area contributed by atoms with Crippen LogP contribution in [-0.4, -0.2) is 328 Å². The van der Waals surface area contributed by atoms with Crippen LogP contribution in [0.3, 0.4) is 0 Å². The predicted molar refractivity (Wildman–Crippen MR) is 432 cm³/mol. The molecule has 44 nitrogen and oxygen atoms in total. The molecule has 0 spiro atoms. The molecule has 1 saturated heterocycles. The first-order chi connectivity index (χ1) is 57.0. The fourth-order valence-electron chi connectivity index (χ4n) is 12.9. The van der Waals surface area contributed by atoms with Crippen molar-refractivity contribution < 1.29 is 97.0 Å². The fraction of sp³-hybridized carbons (Fsp3) is 0.600. The quantitative estimate of drug-likeness (QED) is 0.0111. The monoisotopic (exact) mass is 1810 g/mol. The number of fused-ring (bicyclic) bond motifs is 1. The van der Waals surface area contributed by atoms with Crippen molar-refractivity contribution >= 4 is 149 Å². The summed E-state index contributed by atoms with van der Waals surface area (Å²) in [7, 11) is 0. The summed E-state index contributed by atoms with van der Waals surface area (Å²) in [5.41, 5.74) is 12.7. The van der Waals surface area contributed by atoms with Crippen molar-refractivity contribution in [1.82, 2.24) is 103 Å². The van der Waals surface area contributed by atoms with Gasteiger partial charge in [-0.15, -0.1) is 0 Å². The van der Waals surface area contributed by atoms with E-state index < -0.39 is 199 Å². The molecule has 662 valence electrons. The van der Waals surface area contributed by atoms with Gasteiger partial charge in [-0.25, -0.2) is 9.55 Å². The Hall–Kier alpha value is -10.8. The van der Waals surface area contributed by atoms with E-state index in [9.17, 15) is 102 Å². The third kappa shape index (κ3) is 38.6. The van der Waals surface area contributed by atoms with Crippen LogP contribution < -0.4 is 85.3 Å². The summed E-state index contributed by atoms with van der Waals surface area (Å²) in [5, 5.41) is 76.1. The molecular formula is C75H112InN23O21S. The number of carboxylic acids is 3. The normalized spacial score (nSPS) is 15.1. The molecule has 3 aromatic heterocycles. The number of aromatic nitrogens is 5. The Kier molecular flexibility index (Phi) is 45.5. The smallest absolute Gasteiger partial charge is 0.549 e. The Labute approximate surface area is 721 Å². The van der Waals surface area contributed by atoms with Crippen LogP contribution in [0.1, 0.15) is 110 Å². The van der Waals surface area contributed by atoms with Gasteiger partial charge in [0.2, 0.25) is 70.9 Å². The number of aliphatic carboxylic acids is 3. The number of carbonyl (C=O) groups is 16. The Morgan fingerprint density at radius 3 is 1.64 bits per heavy atom. The molecule has 1 aliphatic rings. The van der Waals surface area contributed by atoms with Gasteiger partial charge in [-0.1, -0.05) is 50.9 Å². The van der Waals surface area contributed by atoms with Gasteiger partial charge in [-0.3, -0.25) is 81.9 Å². The van der Waals surface area contributed by atoms with E-state index in [1.165, 1.54) is 52.1 Å². The minimum Gasteiger partial charge on any atom is -0.549 e. The van der Waals surface area contributed by atoms with Crippen molar-refractivity contribution in [3.05, 3.63) is 76.8 Å². The van der Waals surface area contributed by atoms with Crippen LogP contribution in [0, 0.1) is 22.0 Å². The molecule has 5 rings (SSSR count). The average Bonchev–Trinajstić information content (AvgIpc) is 1.75. The minimum atomic E-state index is -1.49. The molecule has 0 radical (unpaired) electrons. The maximum atomic E-state index is 14.5. The van der Waals surface area contributed by atoms with Gasteiger partial charge in [0.1, 0.15) is 60.7 Å². The van der Waals surface area contributed by atoms with E-state index in [2.05, 4.69) is 78.4 Å². The number of nitrogens with one attached hydrogen (secondary N) is 13. The number of benzene rings is 1. The van der Waals surface area contributed by atoms with Gasteiger partial charge in [-0.05, 0) is 98.7 Å². The molecule has 0 bridgehead atoms. The average molecular weight is 1810 g/mol. The molecule has 1 aliphatic heterocycles. The molecule has 1 unspecified atom stereocenters. The number of aromatic amines is 2. The van der Waals surface area contributed by atoms with Crippen LogP contribution in [0.15, 0.2) is 55.4 Å². The Morgan fingerprint density at radius 2 is 1.07 bits per heavy atom. The molecule has 1 aromatic carbocycles. The Balaban J connectivity index is 0.0000308. The van der Waals surface area contributed by atoms with E-state index in [4.69, 9.17) is 11.5 Å². The number of hydrogen-bond acceptors (Lipinski definition) is 28. The third-order valence-corrected chi connectivity index (χ3v) is 19.9. The summed E-state index contributed by atoms with van der Waals surface area (Å²) in [6.07, 6.45) is 8.38. The van der Waals surface area contributed by atoms with Gasteiger partial charge in [0.05, 0.1) is 37.3 Å². The topological polar surface area (TPSA) is 645 Å². The minimum absolute atomic E-state index is 0. The number of nitrogens with two attached hydrogens (primary N) is 2. The summed E-state index contributed by atoms with van der Waals surface area (Å²) in [6.45, 7) is 5.35. The first kappa shape index (κ1) is 103.